The number of halogens is 2. The first-order chi connectivity index (χ1) is 12.7. The molecule has 27 heavy (non-hydrogen) atoms. The van der Waals surface area contributed by atoms with E-state index in [1.165, 1.54) is 6.08 Å². The number of rotatable bonds is 12. The number of ketones is 1. The van der Waals surface area contributed by atoms with Gasteiger partial charge in [0, 0.05) is 24.7 Å². The van der Waals surface area contributed by atoms with Crippen molar-refractivity contribution in [2.45, 2.75) is 70.3 Å². The number of alkyl halides is 2. The van der Waals surface area contributed by atoms with Gasteiger partial charge in [-0.05, 0) is 19.3 Å². The molecule has 1 rings (SSSR count). The summed E-state index contributed by atoms with van der Waals surface area (Å²) >= 11 is 0. The molecule has 6 heteroatoms. The smallest absolute Gasteiger partial charge is 0.374 e. The normalized spacial score (nSPS) is 22.2. The van der Waals surface area contributed by atoms with E-state index in [0.717, 1.165) is 24.8 Å². The number of carbonyl (C=O) groups excluding carboxylic acids is 1. The fourth-order valence-corrected chi connectivity index (χ4v) is 3.19. The number of aliphatic hydroxyl groups excluding tert-OH is 1. The average molecular weight is 384 g/mol. The molecule has 2 N–H and O–H groups in total. The van der Waals surface area contributed by atoms with Crippen molar-refractivity contribution in [1.82, 2.24) is 0 Å². The quantitative estimate of drug-likeness (QED) is 0.378. The van der Waals surface area contributed by atoms with Crippen LogP contribution in [0.5, 0.6) is 0 Å². The Kier molecular flexibility index (Phi) is 9.56. The number of aliphatic carboxylic acids is 1. The highest BCUT2D eigenvalue weighted by Crippen LogP contribution is 2.36. The van der Waals surface area contributed by atoms with Gasteiger partial charge in [0.1, 0.15) is 5.78 Å². The third kappa shape index (κ3) is 7.75. The summed E-state index contributed by atoms with van der Waals surface area (Å²) in [5.41, 5.74) is 0.799. The number of unbranched alkanes of at least 4 members (excludes halogenated alkanes) is 2. The number of aliphatic hydroxyl groups is 1. The lowest BCUT2D eigenvalue weighted by molar-refractivity contribution is -0.165. The Bertz CT molecular complexity index is 581. The van der Waals surface area contributed by atoms with Crippen molar-refractivity contribution >= 4 is 11.8 Å². The molecule has 0 unspecified atom stereocenters. The summed E-state index contributed by atoms with van der Waals surface area (Å²) in [5.74, 6) is -6.28. The van der Waals surface area contributed by atoms with E-state index in [2.05, 4.69) is 13.5 Å². The third-order valence-corrected chi connectivity index (χ3v) is 4.86. The van der Waals surface area contributed by atoms with Crippen LogP contribution in [-0.2, 0) is 9.59 Å². The molecule has 4 nitrogen and oxygen atoms in total. The van der Waals surface area contributed by atoms with Crippen molar-refractivity contribution in [3.8, 4) is 0 Å². The summed E-state index contributed by atoms with van der Waals surface area (Å²) in [7, 11) is 0. The van der Waals surface area contributed by atoms with Crippen molar-refractivity contribution < 1.29 is 28.6 Å². The fraction of sp³-hybridized carbons (Fsp3) is 0.619. The molecular formula is C21H30F2O4. The first-order valence-corrected chi connectivity index (χ1v) is 9.52. The first kappa shape index (κ1) is 23.2. The second-order valence-corrected chi connectivity index (χ2v) is 7.14. The molecule has 0 spiro atoms. The SMILES string of the molecule is C=C1CC(=O)[C@H](C/C=C\CCC(F)(F)C(=O)O)[C@H]1/C=C/[C@@H](O)CCCCC. The van der Waals surface area contributed by atoms with E-state index in [9.17, 15) is 23.5 Å². The van der Waals surface area contributed by atoms with E-state index >= 15 is 0 Å². The van der Waals surface area contributed by atoms with Crippen molar-refractivity contribution in [3.63, 3.8) is 0 Å². The van der Waals surface area contributed by atoms with Crippen LogP contribution in [0.3, 0.4) is 0 Å². The molecule has 0 heterocycles. The Hall–Kier alpha value is -1.82. The van der Waals surface area contributed by atoms with Gasteiger partial charge in [-0.25, -0.2) is 4.79 Å². The van der Waals surface area contributed by atoms with Gasteiger partial charge in [-0.3, -0.25) is 4.79 Å². The van der Waals surface area contributed by atoms with Crippen molar-refractivity contribution in [2.24, 2.45) is 11.8 Å². The van der Waals surface area contributed by atoms with Crippen LogP contribution in [0, 0.1) is 11.8 Å². The Morgan fingerprint density at radius 2 is 2.07 bits per heavy atom. The van der Waals surface area contributed by atoms with Crippen molar-refractivity contribution in [1.29, 1.82) is 0 Å². The van der Waals surface area contributed by atoms with Crippen LogP contribution in [0.2, 0.25) is 0 Å². The molecule has 0 aliphatic heterocycles. The topological polar surface area (TPSA) is 74.6 Å². The maximum absolute atomic E-state index is 13.0. The Balaban J connectivity index is 2.56. The monoisotopic (exact) mass is 384 g/mol. The second-order valence-electron chi connectivity index (χ2n) is 7.14. The van der Waals surface area contributed by atoms with Crippen LogP contribution in [0.1, 0.15) is 58.3 Å². The lowest BCUT2D eigenvalue weighted by Crippen LogP contribution is -2.27. The van der Waals surface area contributed by atoms with Gasteiger partial charge in [0.15, 0.2) is 0 Å². The fourth-order valence-electron chi connectivity index (χ4n) is 3.19. The minimum absolute atomic E-state index is 0.0515. The van der Waals surface area contributed by atoms with Gasteiger partial charge in [0.25, 0.3) is 0 Å². The van der Waals surface area contributed by atoms with E-state index in [4.69, 9.17) is 5.11 Å². The molecule has 1 aliphatic carbocycles. The molecule has 0 radical (unpaired) electrons. The van der Waals surface area contributed by atoms with Crippen LogP contribution in [0.15, 0.2) is 36.5 Å². The van der Waals surface area contributed by atoms with Crippen LogP contribution in [0.4, 0.5) is 8.78 Å². The number of carboxylic acid groups (broad SMARTS) is 1. The molecule has 152 valence electrons. The summed E-state index contributed by atoms with van der Waals surface area (Å²) in [6, 6.07) is 0. The van der Waals surface area contributed by atoms with E-state index in [0.29, 0.717) is 12.8 Å². The zero-order chi connectivity index (χ0) is 20.4. The summed E-state index contributed by atoms with van der Waals surface area (Å²) in [6.07, 6.45) is 9.75. The minimum Gasteiger partial charge on any atom is -0.477 e. The van der Waals surface area contributed by atoms with Crippen molar-refractivity contribution in [3.05, 3.63) is 36.5 Å². The van der Waals surface area contributed by atoms with Crippen LogP contribution in [0.25, 0.3) is 0 Å². The average Bonchev–Trinajstić information content (AvgIpc) is 2.86. The number of hydrogen-bond donors (Lipinski definition) is 2. The van der Waals surface area contributed by atoms with E-state index in [-0.39, 0.29) is 30.5 Å². The molecule has 0 bridgehead atoms. The number of carboxylic acids is 1. The number of Topliss-reactive ketones (excluding diaryl/α,β-unsaturated/α-hetero) is 1. The molecule has 0 saturated heterocycles. The summed E-state index contributed by atoms with van der Waals surface area (Å²) < 4.78 is 26.0. The van der Waals surface area contributed by atoms with Gasteiger partial charge in [-0.15, -0.1) is 0 Å². The van der Waals surface area contributed by atoms with E-state index < -0.39 is 24.4 Å². The molecule has 1 aliphatic rings. The maximum atomic E-state index is 13.0. The predicted octanol–water partition coefficient (Wildman–Crippen LogP) is 4.69. The van der Waals surface area contributed by atoms with Crippen LogP contribution in [-0.4, -0.2) is 34.0 Å². The lowest BCUT2D eigenvalue weighted by atomic mass is 9.89. The largest absolute Gasteiger partial charge is 0.477 e. The van der Waals surface area contributed by atoms with Crippen LogP contribution < -0.4 is 0 Å². The third-order valence-electron chi connectivity index (χ3n) is 4.86. The van der Waals surface area contributed by atoms with Gasteiger partial charge in [-0.1, -0.05) is 62.6 Å². The van der Waals surface area contributed by atoms with Gasteiger partial charge >= 0.3 is 11.9 Å². The molecule has 0 aromatic rings. The number of carbonyl (C=O) groups is 2. The molecule has 3 atom stereocenters. The lowest BCUT2D eigenvalue weighted by Gasteiger charge is -2.15. The van der Waals surface area contributed by atoms with Crippen LogP contribution >= 0.6 is 0 Å². The van der Waals surface area contributed by atoms with Gasteiger partial charge in [-0.2, -0.15) is 8.78 Å². The Labute approximate surface area is 159 Å². The summed E-state index contributed by atoms with van der Waals surface area (Å²) in [4.78, 5) is 22.5. The maximum Gasteiger partial charge on any atom is 0.374 e. The first-order valence-electron chi connectivity index (χ1n) is 9.52. The van der Waals surface area contributed by atoms with Gasteiger partial charge < -0.3 is 10.2 Å². The van der Waals surface area contributed by atoms with Gasteiger partial charge in [0.2, 0.25) is 0 Å². The van der Waals surface area contributed by atoms with E-state index in [1.54, 1.807) is 12.2 Å². The molecular weight excluding hydrogens is 354 g/mol. The highest BCUT2D eigenvalue weighted by molar-refractivity contribution is 5.87. The molecule has 1 fully saturated rings. The van der Waals surface area contributed by atoms with Crippen molar-refractivity contribution in [2.75, 3.05) is 0 Å². The number of hydrogen-bond acceptors (Lipinski definition) is 3. The summed E-state index contributed by atoms with van der Waals surface area (Å²) in [5, 5.41) is 18.4. The summed E-state index contributed by atoms with van der Waals surface area (Å²) in [6.45, 7) is 6.04. The minimum atomic E-state index is -3.74. The Morgan fingerprint density at radius 1 is 1.37 bits per heavy atom. The molecule has 0 amide bonds. The van der Waals surface area contributed by atoms with Gasteiger partial charge in [0.05, 0.1) is 6.10 Å². The molecule has 0 aromatic carbocycles. The zero-order valence-electron chi connectivity index (χ0n) is 15.9. The molecule has 1 saturated carbocycles. The molecule has 0 aromatic heterocycles. The predicted molar refractivity (Wildman–Crippen MR) is 101 cm³/mol. The number of allylic oxidation sites excluding steroid dienone is 4. The Morgan fingerprint density at radius 3 is 2.70 bits per heavy atom. The second kappa shape index (κ2) is 11.1. The highest BCUT2D eigenvalue weighted by Gasteiger charge is 2.37. The standard InChI is InChI=1S/C21H30F2O4/c1-3-4-6-9-16(24)11-12-17-15(2)14-19(25)18(17)10-7-5-8-13-21(22,23)20(26)27/h5,7,11-12,16-18,24H,2-4,6,8-10,13-14H2,1H3,(H,26,27)/b7-5-,12-11+/t16-,17-,18+/m0/s1. The zero-order valence-corrected chi connectivity index (χ0v) is 15.9. The van der Waals surface area contributed by atoms with E-state index in [1.807, 2.05) is 6.08 Å². The highest BCUT2D eigenvalue weighted by atomic mass is 19.3.